The lowest BCUT2D eigenvalue weighted by Gasteiger charge is -2.04. The first-order valence-electron chi connectivity index (χ1n) is 6.22. The molecule has 0 bridgehead atoms. The maximum absolute atomic E-state index is 8.81. The lowest BCUT2D eigenvalue weighted by Crippen LogP contribution is -2.00. The number of nitriles is 1. The molecule has 0 aliphatic carbocycles. The number of fused-ring (bicyclic) bond motifs is 1. The Labute approximate surface area is 121 Å². The number of nitrogens with one attached hydrogen (secondary N) is 1. The Bertz CT molecular complexity index is 866. The van der Waals surface area contributed by atoms with E-state index in [1.807, 2.05) is 41.8 Å². The second-order valence-corrected chi connectivity index (χ2v) is 5.04. The van der Waals surface area contributed by atoms with Crippen molar-refractivity contribution in [1.82, 2.24) is 14.5 Å². The smallest absolute Gasteiger partial charge is 0.179 e. The molecule has 1 aromatic carbocycles. The zero-order valence-electron chi connectivity index (χ0n) is 10.9. The monoisotopic (exact) mass is 280 g/mol. The van der Waals surface area contributed by atoms with Crippen LogP contribution < -0.4 is 0 Å². The van der Waals surface area contributed by atoms with E-state index in [-0.39, 0.29) is 0 Å². The van der Waals surface area contributed by atoms with E-state index in [0.717, 1.165) is 22.3 Å². The number of aromatic nitrogens is 3. The Morgan fingerprint density at radius 3 is 2.75 bits per heavy atom. The summed E-state index contributed by atoms with van der Waals surface area (Å²) in [5.74, 6) is 0. The topological polar surface area (TPSA) is 57.4 Å². The third-order valence-corrected chi connectivity index (χ3v) is 3.62. The average molecular weight is 280 g/mol. The SMILES string of the molecule is Cc1ccnc2c1[nH]c(=S)n2Cc1ccc(C#N)cc1. The lowest BCUT2D eigenvalue weighted by molar-refractivity contribution is 0.800. The summed E-state index contributed by atoms with van der Waals surface area (Å²) < 4.78 is 2.63. The van der Waals surface area contributed by atoms with Crippen molar-refractivity contribution in [3.8, 4) is 6.07 Å². The summed E-state index contributed by atoms with van der Waals surface area (Å²) in [7, 11) is 0. The van der Waals surface area contributed by atoms with E-state index < -0.39 is 0 Å². The molecule has 0 amide bonds. The van der Waals surface area contributed by atoms with E-state index in [2.05, 4.69) is 16.0 Å². The standard InChI is InChI=1S/C15H12N4S/c1-10-6-7-17-14-13(10)18-15(20)19(14)9-12-4-2-11(8-16)3-5-12/h2-7H,9H2,1H3,(H,18,20). The number of H-pyrrole nitrogens is 1. The fourth-order valence-electron chi connectivity index (χ4n) is 2.19. The molecule has 0 saturated carbocycles. The number of nitrogens with zero attached hydrogens (tertiary/aromatic N) is 3. The number of hydrogen-bond acceptors (Lipinski definition) is 3. The summed E-state index contributed by atoms with van der Waals surface area (Å²) in [6, 6.07) is 11.6. The van der Waals surface area contributed by atoms with Gasteiger partial charge in [-0.15, -0.1) is 0 Å². The highest BCUT2D eigenvalue weighted by Gasteiger charge is 2.08. The second kappa shape index (κ2) is 4.91. The Hall–Kier alpha value is -2.45. The van der Waals surface area contributed by atoms with Crippen molar-refractivity contribution in [2.45, 2.75) is 13.5 Å². The average Bonchev–Trinajstić information content (AvgIpc) is 2.78. The van der Waals surface area contributed by atoms with Crippen molar-refractivity contribution in [3.05, 3.63) is 58.0 Å². The van der Waals surface area contributed by atoms with Crippen LogP contribution in [0.5, 0.6) is 0 Å². The molecule has 4 nitrogen and oxygen atoms in total. The molecular formula is C15H12N4S. The number of hydrogen-bond donors (Lipinski definition) is 1. The molecule has 98 valence electrons. The molecule has 2 aromatic heterocycles. The number of aryl methyl sites for hydroxylation is 1. The van der Waals surface area contributed by atoms with Gasteiger partial charge in [-0.3, -0.25) is 4.57 Å². The van der Waals surface area contributed by atoms with Gasteiger partial charge in [-0.05, 0) is 48.5 Å². The summed E-state index contributed by atoms with van der Waals surface area (Å²) in [5, 5.41) is 8.81. The molecular weight excluding hydrogens is 268 g/mol. The lowest BCUT2D eigenvalue weighted by atomic mass is 10.1. The number of imidazole rings is 1. The fraction of sp³-hybridized carbons (Fsp3) is 0.133. The Morgan fingerprint density at radius 2 is 2.05 bits per heavy atom. The van der Waals surface area contributed by atoms with Crippen LogP contribution in [0.3, 0.4) is 0 Å². The molecule has 0 saturated heterocycles. The third kappa shape index (κ3) is 2.10. The summed E-state index contributed by atoms with van der Waals surface area (Å²) in [6.07, 6.45) is 1.79. The Balaban J connectivity index is 2.06. The maximum atomic E-state index is 8.81. The van der Waals surface area contributed by atoms with Crippen molar-refractivity contribution in [2.24, 2.45) is 0 Å². The van der Waals surface area contributed by atoms with Crippen LogP contribution >= 0.6 is 12.2 Å². The number of aromatic amines is 1. The van der Waals surface area contributed by atoms with Gasteiger partial charge in [-0.2, -0.15) is 5.26 Å². The van der Waals surface area contributed by atoms with Gasteiger partial charge < -0.3 is 4.98 Å². The molecule has 0 aliphatic rings. The third-order valence-electron chi connectivity index (χ3n) is 3.30. The van der Waals surface area contributed by atoms with Crippen molar-refractivity contribution in [1.29, 1.82) is 5.26 Å². The highest BCUT2D eigenvalue weighted by atomic mass is 32.1. The van der Waals surface area contributed by atoms with Crippen LogP contribution in [0.4, 0.5) is 0 Å². The molecule has 2 heterocycles. The van der Waals surface area contributed by atoms with Crippen LogP contribution in [0, 0.1) is 23.0 Å². The first kappa shape index (κ1) is 12.6. The maximum Gasteiger partial charge on any atom is 0.179 e. The van der Waals surface area contributed by atoms with Crippen molar-refractivity contribution >= 4 is 23.4 Å². The summed E-state index contributed by atoms with van der Waals surface area (Å²) in [4.78, 5) is 7.61. The highest BCUT2D eigenvalue weighted by molar-refractivity contribution is 7.71. The number of pyridine rings is 1. The van der Waals surface area contributed by atoms with Crippen LogP contribution in [-0.4, -0.2) is 14.5 Å². The molecule has 0 unspecified atom stereocenters. The molecule has 0 radical (unpaired) electrons. The van der Waals surface area contributed by atoms with Crippen molar-refractivity contribution < 1.29 is 0 Å². The molecule has 1 N–H and O–H groups in total. The predicted molar refractivity (Wildman–Crippen MR) is 79.9 cm³/mol. The minimum Gasteiger partial charge on any atom is -0.329 e. The van der Waals surface area contributed by atoms with Crippen LogP contribution in [-0.2, 0) is 6.54 Å². The van der Waals surface area contributed by atoms with E-state index in [0.29, 0.717) is 16.9 Å². The predicted octanol–water partition coefficient (Wildman–Crippen LogP) is 3.32. The summed E-state index contributed by atoms with van der Waals surface area (Å²) in [6.45, 7) is 2.67. The molecule has 0 aliphatic heterocycles. The summed E-state index contributed by atoms with van der Waals surface area (Å²) in [5.41, 5.74) is 4.71. The minimum atomic E-state index is 0.640. The minimum absolute atomic E-state index is 0.640. The molecule has 20 heavy (non-hydrogen) atoms. The Morgan fingerprint density at radius 1 is 1.30 bits per heavy atom. The summed E-state index contributed by atoms with van der Waals surface area (Å²) >= 11 is 5.38. The molecule has 5 heteroatoms. The van der Waals surface area contributed by atoms with Crippen molar-refractivity contribution in [2.75, 3.05) is 0 Å². The first-order valence-corrected chi connectivity index (χ1v) is 6.63. The molecule has 0 spiro atoms. The van der Waals surface area contributed by atoms with Gasteiger partial charge in [0.05, 0.1) is 23.7 Å². The van der Waals surface area contributed by atoms with Gasteiger partial charge in [0.2, 0.25) is 0 Å². The molecule has 0 fully saturated rings. The molecule has 3 rings (SSSR count). The quantitative estimate of drug-likeness (QED) is 0.733. The number of rotatable bonds is 2. The van der Waals surface area contributed by atoms with Crippen LogP contribution in [0.2, 0.25) is 0 Å². The van der Waals surface area contributed by atoms with Crippen molar-refractivity contribution in [3.63, 3.8) is 0 Å². The van der Waals surface area contributed by atoms with Gasteiger partial charge in [-0.1, -0.05) is 12.1 Å². The largest absolute Gasteiger partial charge is 0.329 e. The van der Waals surface area contributed by atoms with E-state index in [4.69, 9.17) is 17.5 Å². The van der Waals surface area contributed by atoms with Gasteiger partial charge >= 0.3 is 0 Å². The van der Waals surface area contributed by atoms with Gasteiger partial charge in [0, 0.05) is 6.20 Å². The Kier molecular flexibility index (Phi) is 3.09. The normalized spacial score (nSPS) is 10.6. The molecule has 3 aromatic rings. The van der Waals surface area contributed by atoms with E-state index in [1.165, 1.54) is 0 Å². The van der Waals surface area contributed by atoms with E-state index in [1.54, 1.807) is 6.20 Å². The van der Waals surface area contributed by atoms with Crippen LogP contribution in [0.1, 0.15) is 16.7 Å². The number of benzene rings is 1. The van der Waals surface area contributed by atoms with Gasteiger partial charge in [0.25, 0.3) is 0 Å². The van der Waals surface area contributed by atoms with Crippen LogP contribution in [0.15, 0.2) is 36.5 Å². The first-order chi connectivity index (χ1) is 9.69. The second-order valence-electron chi connectivity index (χ2n) is 4.65. The van der Waals surface area contributed by atoms with Crippen LogP contribution in [0.25, 0.3) is 11.2 Å². The zero-order chi connectivity index (χ0) is 14.1. The molecule has 0 atom stereocenters. The highest BCUT2D eigenvalue weighted by Crippen LogP contribution is 2.17. The van der Waals surface area contributed by atoms with Gasteiger partial charge in [-0.25, -0.2) is 4.98 Å². The van der Waals surface area contributed by atoms with Gasteiger partial charge in [0.15, 0.2) is 10.4 Å². The fourth-order valence-corrected chi connectivity index (χ4v) is 2.44. The van der Waals surface area contributed by atoms with E-state index in [9.17, 15) is 0 Å². The zero-order valence-corrected chi connectivity index (χ0v) is 11.7. The van der Waals surface area contributed by atoms with E-state index >= 15 is 0 Å². The van der Waals surface area contributed by atoms with Gasteiger partial charge in [0.1, 0.15) is 0 Å².